The van der Waals surface area contributed by atoms with Crippen molar-refractivity contribution in [2.24, 2.45) is 7.05 Å². The Bertz CT molecular complexity index is 1380. The van der Waals surface area contributed by atoms with Crippen molar-refractivity contribution >= 4 is 5.91 Å². The number of amides is 1. The molecule has 0 saturated carbocycles. The summed E-state index contributed by atoms with van der Waals surface area (Å²) in [6, 6.07) is 16.2. The summed E-state index contributed by atoms with van der Waals surface area (Å²) in [4.78, 5) is 20.2. The molecular formula is C33H41N5O2. The van der Waals surface area contributed by atoms with E-state index in [0.29, 0.717) is 17.1 Å². The van der Waals surface area contributed by atoms with Crippen molar-refractivity contribution in [3.05, 3.63) is 77.4 Å². The van der Waals surface area contributed by atoms with E-state index in [1.807, 2.05) is 67.9 Å². The Morgan fingerprint density at radius 1 is 1.07 bits per heavy atom. The van der Waals surface area contributed by atoms with Crippen LogP contribution in [0.5, 0.6) is 11.5 Å². The van der Waals surface area contributed by atoms with Crippen LogP contribution in [-0.2, 0) is 22.8 Å². The number of nitrogens with zero attached hydrogens (tertiary/aromatic N) is 4. The zero-order chi connectivity index (χ0) is 28.2. The topological polar surface area (TPSA) is 83.2 Å². The minimum atomic E-state index is -0.554. The second-order valence-electron chi connectivity index (χ2n) is 11.5. The number of nitriles is 1. The Morgan fingerprint density at radius 2 is 1.95 bits per heavy atom. The van der Waals surface area contributed by atoms with Crippen molar-refractivity contribution in [1.82, 2.24) is 19.8 Å². The van der Waals surface area contributed by atoms with Gasteiger partial charge in [0.15, 0.2) is 0 Å². The number of benzene rings is 2. The predicted octanol–water partition coefficient (Wildman–Crippen LogP) is 6.17. The lowest BCUT2D eigenvalue weighted by molar-refractivity contribution is -0.137. The van der Waals surface area contributed by atoms with Crippen LogP contribution in [0.25, 0.3) is 0 Å². The Kier molecular flexibility index (Phi) is 8.27. The highest BCUT2D eigenvalue weighted by Crippen LogP contribution is 2.42. The first-order valence-corrected chi connectivity index (χ1v) is 14.7. The number of aromatic nitrogens is 2. The van der Waals surface area contributed by atoms with Gasteiger partial charge >= 0.3 is 0 Å². The number of hydrogen-bond donors (Lipinski definition) is 1. The van der Waals surface area contributed by atoms with Crippen LogP contribution in [0.3, 0.4) is 0 Å². The molecule has 2 atom stereocenters. The molecule has 210 valence electrons. The maximum absolute atomic E-state index is 13.9. The average Bonchev–Trinajstić information content (AvgIpc) is 3.63. The lowest BCUT2D eigenvalue weighted by atomic mass is 9.71. The first kappa shape index (κ1) is 27.9. The molecule has 5 rings (SSSR count). The standard InChI is InChI=1S/C33H41N5O2/c1-4-5-15-32(16-7-6-8-19-37(2)31(32)39)26-11-9-12-28(20-26)40-29-21-27(14-13-25(29)22-34)33(17-10-18-36-33)30-23-35-24-38(30)3/h9,11-14,20-21,23-24,36H,4-8,10,15-19H2,1-3H3. The number of carbonyl (C=O) groups excluding carboxylic acids is 1. The molecule has 7 heteroatoms. The minimum Gasteiger partial charge on any atom is -0.456 e. The van der Waals surface area contributed by atoms with Gasteiger partial charge in [0.05, 0.1) is 34.7 Å². The zero-order valence-electron chi connectivity index (χ0n) is 24.1. The van der Waals surface area contributed by atoms with Gasteiger partial charge in [0.2, 0.25) is 5.91 Å². The number of unbranched alkanes of at least 4 members (excludes halogenated alkanes) is 1. The van der Waals surface area contributed by atoms with Crippen LogP contribution in [0.1, 0.15) is 87.1 Å². The summed E-state index contributed by atoms with van der Waals surface area (Å²) in [6.45, 7) is 3.89. The minimum absolute atomic E-state index is 0.211. The van der Waals surface area contributed by atoms with Gasteiger partial charge in [-0.3, -0.25) is 4.79 Å². The molecule has 0 radical (unpaired) electrons. The lowest BCUT2D eigenvalue weighted by Gasteiger charge is -2.38. The van der Waals surface area contributed by atoms with Crippen molar-refractivity contribution < 1.29 is 9.53 Å². The van der Waals surface area contributed by atoms with E-state index in [2.05, 4.69) is 33.9 Å². The van der Waals surface area contributed by atoms with Gasteiger partial charge in [-0.15, -0.1) is 0 Å². The Hall–Kier alpha value is -3.63. The number of nitrogens with one attached hydrogen (secondary N) is 1. The van der Waals surface area contributed by atoms with Crippen LogP contribution in [-0.4, -0.2) is 40.5 Å². The fraction of sp³-hybridized carbons (Fsp3) is 0.485. The summed E-state index contributed by atoms with van der Waals surface area (Å²) >= 11 is 0. The molecule has 0 aliphatic carbocycles. The summed E-state index contributed by atoms with van der Waals surface area (Å²) in [7, 11) is 3.95. The molecule has 2 aliphatic heterocycles. The van der Waals surface area contributed by atoms with E-state index in [1.165, 1.54) is 0 Å². The van der Waals surface area contributed by atoms with Crippen molar-refractivity contribution in [2.75, 3.05) is 20.1 Å². The Balaban J connectivity index is 1.53. The molecule has 0 spiro atoms. The zero-order valence-corrected chi connectivity index (χ0v) is 24.1. The molecule has 1 aromatic heterocycles. The van der Waals surface area contributed by atoms with Crippen LogP contribution in [0.2, 0.25) is 0 Å². The summed E-state index contributed by atoms with van der Waals surface area (Å²) < 4.78 is 8.55. The SMILES string of the molecule is CCCCC1(c2cccc(Oc3cc(C4(c5cncn5C)CCCN4)ccc3C#N)c2)CCCCCN(C)C1=O. The number of likely N-dealkylation sites (tertiary alicyclic amines) is 1. The largest absolute Gasteiger partial charge is 0.456 e. The van der Waals surface area contributed by atoms with Gasteiger partial charge in [-0.05, 0) is 74.0 Å². The number of aryl methyl sites for hydroxylation is 1. The van der Waals surface area contributed by atoms with Crippen LogP contribution in [0.15, 0.2) is 55.0 Å². The molecule has 2 unspecified atom stereocenters. The molecule has 2 fully saturated rings. The third-order valence-electron chi connectivity index (χ3n) is 8.93. The summed E-state index contributed by atoms with van der Waals surface area (Å²) in [5, 5.41) is 13.7. The van der Waals surface area contributed by atoms with Gasteiger partial charge in [0, 0.05) is 20.6 Å². The normalized spacial score (nSPS) is 23.4. The average molecular weight is 540 g/mol. The number of carbonyl (C=O) groups is 1. The van der Waals surface area contributed by atoms with Crippen molar-refractivity contribution in [1.29, 1.82) is 5.26 Å². The van der Waals surface area contributed by atoms with E-state index in [-0.39, 0.29) is 11.4 Å². The highest BCUT2D eigenvalue weighted by Gasteiger charge is 2.42. The van der Waals surface area contributed by atoms with Crippen LogP contribution >= 0.6 is 0 Å². The molecule has 2 aliphatic rings. The second kappa shape index (κ2) is 11.9. The number of likely N-dealkylation sites (N-methyl/N-ethyl adjacent to an activating group) is 1. The number of imidazole rings is 1. The Labute approximate surface area is 238 Å². The fourth-order valence-corrected chi connectivity index (χ4v) is 6.72. The van der Waals surface area contributed by atoms with Gasteiger partial charge in [0.1, 0.15) is 17.6 Å². The molecular weight excluding hydrogens is 498 g/mol. The quantitative estimate of drug-likeness (QED) is 0.370. The lowest BCUT2D eigenvalue weighted by Crippen LogP contribution is -2.46. The number of hydrogen-bond acceptors (Lipinski definition) is 5. The molecule has 1 amide bonds. The van der Waals surface area contributed by atoms with Gasteiger partial charge in [-0.2, -0.15) is 5.26 Å². The first-order valence-electron chi connectivity index (χ1n) is 14.7. The van der Waals surface area contributed by atoms with E-state index < -0.39 is 5.41 Å². The molecule has 7 nitrogen and oxygen atoms in total. The van der Waals surface area contributed by atoms with Gasteiger partial charge in [-0.1, -0.05) is 50.8 Å². The highest BCUT2D eigenvalue weighted by molar-refractivity contribution is 5.88. The van der Waals surface area contributed by atoms with E-state index >= 15 is 0 Å². The molecule has 3 heterocycles. The third-order valence-corrected chi connectivity index (χ3v) is 8.93. The van der Waals surface area contributed by atoms with Gasteiger partial charge in [-0.25, -0.2) is 4.98 Å². The van der Waals surface area contributed by atoms with E-state index in [0.717, 1.165) is 87.7 Å². The first-order chi connectivity index (χ1) is 19.4. The second-order valence-corrected chi connectivity index (χ2v) is 11.5. The molecule has 3 aromatic rings. The molecule has 2 aromatic carbocycles. The van der Waals surface area contributed by atoms with Crippen molar-refractivity contribution in [3.63, 3.8) is 0 Å². The van der Waals surface area contributed by atoms with Crippen LogP contribution in [0.4, 0.5) is 0 Å². The summed E-state index contributed by atoms with van der Waals surface area (Å²) in [6.07, 6.45) is 12.7. The smallest absolute Gasteiger partial charge is 0.232 e. The number of ether oxygens (including phenoxy) is 1. The molecule has 40 heavy (non-hydrogen) atoms. The maximum atomic E-state index is 13.9. The predicted molar refractivity (Wildman–Crippen MR) is 156 cm³/mol. The molecule has 1 N–H and O–H groups in total. The van der Waals surface area contributed by atoms with Crippen LogP contribution in [0, 0.1) is 11.3 Å². The van der Waals surface area contributed by atoms with E-state index in [1.54, 1.807) is 0 Å². The maximum Gasteiger partial charge on any atom is 0.232 e. The number of rotatable bonds is 8. The van der Waals surface area contributed by atoms with Gasteiger partial charge < -0.3 is 19.5 Å². The van der Waals surface area contributed by atoms with Crippen molar-refractivity contribution in [3.8, 4) is 17.6 Å². The summed E-state index contributed by atoms with van der Waals surface area (Å²) in [5.41, 5.74) is 2.69. The monoisotopic (exact) mass is 539 g/mol. The third kappa shape index (κ3) is 5.13. The molecule has 2 saturated heterocycles. The van der Waals surface area contributed by atoms with E-state index in [9.17, 15) is 10.1 Å². The van der Waals surface area contributed by atoms with Gasteiger partial charge in [0.25, 0.3) is 0 Å². The molecule has 0 bridgehead atoms. The fourth-order valence-electron chi connectivity index (χ4n) is 6.72. The van der Waals surface area contributed by atoms with Crippen LogP contribution < -0.4 is 10.1 Å². The Morgan fingerprint density at radius 3 is 2.67 bits per heavy atom. The highest BCUT2D eigenvalue weighted by atomic mass is 16.5. The van der Waals surface area contributed by atoms with E-state index in [4.69, 9.17) is 4.74 Å². The van der Waals surface area contributed by atoms with Crippen molar-refractivity contribution in [2.45, 2.75) is 75.7 Å². The summed E-state index contributed by atoms with van der Waals surface area (Å²) in [5.74, 6) is 1.38.